The number of thioether (sulfide) groups is 1. The van der Waals surface area contributed by atoms with Gasteiger partial charge in [0.1, 0.15) is 5.82 Å². The van der Waals surface area contributed by atoms with Crippen LogP contribution < -0.4 is 15.4 Å². The molecule has 0 aliphatic heterocycles. The van der Waals surface area contributed by atoms with E-state index < -0.39 is 0 Å². The lowest BCUT2D eigenvalue weighted by molar-refractivity contribution is 0.329. The van der Waals surface area contributed by atoms with E-state index in [1.807, 2.05) is 37.9 Å². The zero-order valence-corrected chi connectivity index (χ0v) is 10.9. The first kappa shape index (κ1) is 13.0. The van der Waals surface area contributed by atoms with Crippen LogP contribution in [0.3, 0.4) is 0 Å². The van der Waals surface area contributed by atoms with Crippen LogP contribution in [-0.4, -0.2) is 37.2 Å². The van der Waals surface area contributed by atoms with Crippen molar-refractivity contribution < 1.29 is 4.74 Å². The van der Waals surface area contributed by atoms with E-state index in [0.29, 0.717) is 18.2 Å². The predicted octanol–water partition coefficient (Wildman–Crippen LogP) is 1.86. The molecule has 1 aromatic heterocycles. The highest BCUT2D eigenvalue weighted by atomic mass is 32.2. The Morgan fingerprint density at radius 1 is 1.50 bits per heavy atom. The highest BCUT2D eigenvalue weighted by molar-refractivity contribution is 7.98. The highest BCUT2D eigenvalue weighted by Gasteiger charge is 2.07. The summed E-state index contributed by atoms with van der Waals surface area (Å²) >= 11 is 1.82. The number of pyridine rings is 1. The van der Waals surface area contributed by atoms with Gasteiger partial charge in [-0.2, -0.15) is 16.7 Å². The van der Waals surface area contributed by atoms with E-state index in [4.69, 9.17) is 10.5 Å². The van der Waals surface area contributed by atoms with Crippen LogP contribution in [0.25, 0.3) is 0 Å². The van der Waals surface area contributed by atoms with Crippen molar-refractivity contribution in [2.75, 3.05) is 42.8 Å². The van der Waals surface area contributed by atoms with Crippen LogP contribution in [0.2, 0.25) is 0 Å². The highest BCUT2D eigenvalue weighted by Crippen LogP contribution is 2.22. The van der Waals surface area contributed by atoms with Crippen LogP contribution in [0.4, 0.5) is 11.5 Å². The van der Waals surface area contributed by atoms with Crippen LogP contribution in [-0.2, 0) is 0 Å². The molecule has 0 atom stereocenters. The second kappa shape index (κ2) is 6.48. The molecular weight excluding hydrogens is 222 g/mol. The number of anilines is 2. The zero-order valence-electron chi connectivity index (χ0n) is 10.1. The molecule has 0 fully saturated rings. The van der Waals surface area contributed by atoms with Gasteiger partial charge in [-0.05, 0) is 25.3 Å². The summed E-state index contributed by atoms with van der Waals surface area (Å²) in [6.07, 6.45) is 2.09. The van der Waals surface area contributed by atoms with E-state index in [1.54, 1.807) is 0 Å². The number of ether oxygens (including phenoxy) is 1. The van der Waals surface area contributed by atoms with Crippen LogP contribution in [0.15, 0.2) is 12.1 Å². The van der Waals surface area contributed by atoms with Gasteiger partial charge in [0, 0.05) is 19.3 Å². The smallest absolute Gasteiger partial charge is 0.239 e. The fraction of sp³-hybridized carbons (Fsp3) is 0.545. The second-order valence-electron chi connectivity index (χ2n) is 3.41. The molecule has 5 heteroatoms. The number of nitrogens with two attached hydrogens (primary N) is 1. The summed E-state index contributed by atoms with van der Waals surface area (Å²) in [6.45, 7) is 3.46. The minimum Gasteiger partial charge on any atom is -0.476 e. The molecule has 0 spiro atoms. The first-order valence-corrected chi connectivity index (χ1v) is 6.67. The summed E-state index contributed by atoms with van der Waals surface area (Å²) in [7, 11) is 2.02. The van der Waals surface area contributed by atoms with Gasteiger partial charge in [-0.15, -0.1) is 0 Å². The van der Waals surface area contributed by atoms with E-state index in [1.165, 1.54) is 0 Å². The summed E-state index contributed by atoms with van der Waals surface area (Å²) in [6, 6.07) is 3.75. The van der Waals surface area contributed by atoms with Crippen LogP contribution in [0, 0.1) is 0 Å². The third-order valence-electron chi connectivity index (χ3n) is 2.18. The fourth-order valence-electron chi connectivity index (χ4n) is 1.25. The van der Waals surface area contributed by atoms with Gasteiger partial charge in [0.25, 0.3) is 0 Å². The van der Waals surface area contributed by atoms with Crippen molar-refractivity contribution >= 4 is 23.3 Å². The minimum absolute atomic E-state index is 0.524. The van der Waals surface area contributed by atoms with E-state index in [9.17, 15) is 0 Å². The maximum Gasteiger partial charge on any atom is 0.239 e. The summed E-state index contributed by atoms with van der Waals surface area (Å²) in [5, 5.41) is 0. The van der Waals surface area contributed by atoms with Crippen molar-refractivity contribution in [3.63, 3.8) is 0 Å². The van der Waals surface area contributed by atoms with E-state index >= 15 is 0 Å². The van der Waals surface area contributed by atoms with Crippen LogP contribution in [0.1, 0.15) is 6.92 Å². The maximum absolute atomic E-state index is 5.77. The molecule has 0 amide bonds. The van der Waals surface area contributed by atoms with Gasteiger partial charge < -0.3 is 15.4 Å². The Labute approximate surface area is 101 Å². The van der Waals surface area contributed by atoms with Gasteiger partial charge in [0.15, 0.2) is 0 Å². The van der Waals surface area contributed by atoms with Gasteiger partial charge in [0.2, 0.25) is 5.88 Å². The number of rotatable bonds is 6. The Kier molecular flexibility index (Phi) is 5.25. The Bertz CT molecular complexity index is 333. The molecule has 16 heavy (non-hydrogen) atoms. The number of hydrogen-bond donors (Lipinski definition) is 1. The molecule has 0 radical (unpaired) electrons. The lowest BCUT2D eigenvalue weighted by Crippen LogP contribution is -2.21. The fourth-order valence-corrected chi connectivity index (χ4v) is 1.71. The molecule has 0 aromatic carbocycles. The Morgan fingerprint density at radius 2 is 2.25 bits per heavy atom. The van der Waals surface area contributed by atoms with Crippen LogP contribution in [0.5, 0.6) is 5.88 Å². The molecule has 90 valence electrons. The Hall–Kier alpha value is -1.10. The summed E-state index contributed by atoms with van der Waals surface area (Å²) < 4.78 is 5.36. The standard InChI is InChI=1S/C11H19N3OS/c1-4-15-11-9(12)5-6-10(13-11)14(2)7-8-16-3/h5-6H,4,7-8,12H2,1-3H3. The molecule has 0 unspecified atom stereocenters. The number of nitrogens with zero attached hydrogens (tertiary/aromatic N) is 2. The zero-order chi connectivity index (χ0) is 12.0. The molecule has 0 bridgehead atoms. The van der Waals surface area contributed by atoms with E-state index in [0.717, 1.165) is 18.1 Å². The molecule has 0 saturated heterocycles. The molecule has 1 aromatic rings. The lowest BCUT2D eigenvalue weighted by atomic mass is 10.4. The monoisotopic (exact) mass is 241 g/mol. The Balaban J connectivity index is 2.76. The maximum atomic E-state index is 5.77. The normalized spacial score (nSPS) is 10.2. The first-order chi connectivity index (χ1) is 7.69. The second-order valence-corrected chi connectivity index (χ2v) is 4.40. The van der Waals surface area contributed by atoms with Gasteiger partial charge in [-0.25, -0.2) is 0 Å². The Morgan fingerprint density at radius 3 is 2.88 bits per heavy atom. The van der Waals surface area contributed by atoms with E-state index in [-0.39, 0.29) is 0 Å². The summed E-state index contributed by atoms with van der Waals surface area (Å²) in [5.74, 6) is 2.50. The number of aromatic nitrogens is 1. The molecule has 4 nitrogen and oxygen atoms in total. The van der Waals surface area contributed by atoms with Crippen molar-refractivity contribution in [3.8, 4) is 5.88 Å². The molecule has 1 rings (SSSR count). The molecule has 0 aliphatic carbocycles. The molecule has 2 N–H and O–H groups in total. The van der Waals surface area contributed by atoms with Gasteiger partial charge >= 0.3 is 0 Å². The topological polar surface area (TPSA) is 51.4 Å². The first-order valence-electron chi connectivity index (χ1n) is 5.28. The lowest BCUT2D eigenvalue weighted by Gasteiger charge is -2.18. The molecular formula is C11H19N3OS. The SMILES string of the molecule is CCOc1nc(N(C)CCSC)ccc1N. The summed E-state index contributed by atoms with van der Waals surface area (Å²) in [4.78, 5) is 6.48. The minimum atomic E-state index is 0.524. The quantitative estimate of drug-likeness (QED) is 0.824. The molecule has 0 saturated carbocycles. The van der Waals surface area contributed by atoms with Crippen molar-refractivity contribution in [2.24, 2.45) is 0 Å². The molecule has 1 heterocycles. The molecule has 0 aliphatic rings. The van der Waals surface area contributed by atoms with Crippen molar-refractivity contribution in [3.05, 3.63) is 12.1 Å². The van der Waals surface area contributed by atoms with Crippen molar-refractivity contribution in [1.82, 2.24) is 4.98 Å². The largest absolute Gasteiger partial charge is 0.476 e. The van der Waals surface area contributed by atoms with Gasteiger partial charge in [-0.1, -0.05) is 0 Å². The van der Waals surface area contributed by atoms with Crippen molar-refractivity contribution in [2.45, 2.75) is 6.92 Å². The predicted molar refractivity (Wildman–Crippen MR) is 71.5 cm³/mol. The third-order valence-corrected chi connectivity index (χ3v) is 2.77. The van der Waals surface area contributed by atoms with Gasteiger partial charge in [-0.3, -0.25) is 0 Å². The van der Waals surface area contributed by atoms with E-state index in [2.05, 4.69) is 16.1 Å². The number of nitrogen functional groups attached to an aromatic ring is 1. The average molecular weight is 241 g/mol. The van der Waals surface area contributed by atoms with Crippen LogP contribution >= 0.6 is 11.8 Å². The number of hydrogen-bond acceptors (Lipinski definition) is 5. The van der Waals surface area contributed by atoms with Gasteiger partial charge in [0.05, 0.1) is 12.3 Å². The average Bonchev–Trinajstić information content (AvgIpc) is 2.29. The van der Waals surface area contributed by atoms with Crippen molar-refractivity contribution in [1.29, 1.82) is 0 Å². The summed E-state index contributed by atoms with van der Waals surface area (Å²) in [5.41, 5.74) is 6.35. The third kappa shape index (κ3) is 3.48.